The minimum absolute atomic E-state index is 0.0521. The second kappa shape index (κ2) is 6.81. The molecule has 2 unspecified atom stereocenters. The van der Waals surface area contributed by atoms with Crippen molar-refractivity contribution in [1.82, 2.24) is 0 Å². The Hall–Kier alpha value is -2.07. The standard InChI is InChI=1S/C20H19FO2S/c1-13(17-10-8-14-7-9-16(21)12-18(14)17)19(22)11-15-5-3-4-6-20(15)24(2)23/h3-7,9-10,12-13H,8,11H2,1-2H3. The fourth-order valence-corrected chi connectivity index (χ4v) is 3.96. The van der Waals surface area contributed by atoms with Gasteiger partial charge in [-0.05, 0) is 46.9 Å². The lowest BCUT2D eigenvalue weighted by Crippen LogP contribution is -2.16. The van der Waals surface area contributed by atoms with Crippen molar-refractivity contribution in [1.29, 1.82) is 0 Å². The van der Waals surface area contributed by atoms with Gasteiger partial charge in [0.1, 0.15) is 11.6 Å². The fraction of sp³-hybridized carbons (Fsp3) is 0.250. The van der Waals surface area contributed by atoms with Crippen LogP contribution in [0.4, 0.5) is 4.39 Å². The van der Waals surface area contributed by atoms with Crippen LogP contribution in [0, 0.1) is 11.7 Å². The molecule has 0 fully saturated rings. The molecule has 0 aliphatic heterocycles. The highest BCUT2D eigenvalue weighted by molar-refractivity contribution is 7.84. The van der Waals surface area contributed by atoms with Crippen LogP contribution >= 0.6 is 0 Å². The molecule has 2 aromatic rings. The molecular weight excluding hydrogens is 323 g/mol. The Bertz CT molecular complexity index is 854. The smallest absolute Gasteiger partial charge is 0.144 e. The minimum Gasteiger partial charge on any atom is -0.299 e. The lowest BCUT2D eigenvalue weighted by Gasteiger charge is -2.15. The number of rotatable bonds is 5. The maximum absolute atomic E-state index is 13.5. The van der Waals surface area contributed by atoms with Crippen LogP contribution in [0.2, 0.25) is 0 Å². The average Bonchev–Trinajstić information content (AvgIpc) is 2.97. The highest BCUT2D eigenvalue weighted by atomic mass is 32.2. The summed E-state index contributed by atoms with van der Waals surface area (Å²) in [5, 5.41) is 0. The van der Waals surface area contributed by atoms with Gasteiger partial charge >= 0.3 is 0 Å². The van der Waals surface area contributed by atoms with Crippen molar-refractivity contribution in [2.75, 3.05) is 6.26 Å². The number of halogens is 1. The van der Waals surface area contributed by atoms with Gasteiger partial charge in [-0.3, -0.25) is 9.00 Å². The Balaban J connectivity index is 1.83. The Morgan fingerprint density at radius 3 is 2.75 bits per heavy atom. The molecule has 124 valence electrons. The lowest BCUT2D eigenvalue weighted by molar-refractivity contribution is -0.120. The molecule has 2 atom stereocenters. The number of carbonyl (C=O) groups excluding carboxylic acids is 1. The summed E-state index contributed by atoms with van der Waals surface area (Å²) in [7, 11) is -1.13. The van der Waals surface area contributed by atoms with E-state index in [1.807, 2.05) is 31.2 Å². The van der Waals surface area contributed by atoms with Gasteiger partial charge < -0.3 is 0 Å². The molecule has 0 heterocycles. The molecule has 1 aliphatic rings. The molecule has 0 N–H and O–H groups in total. The molecule has 4 heteroatoms. The number of fused-ring (bicyclic) bond motifs is 1. The molecule has 2 aromatic carbocycles. The Kier molecular flexibility index (Phi) is 4.76. The number of benzene rings is 2. The quantitative estimate of drug-likeness (QED) is 0.824. The second-order valence-electron chi connectivity index (χ2n) is 6.09. The summed E-state index contributed by atoms with van der Waals surface area (Å²) in [5.74, 6) is -0.546. The summed E-state index contributed by atoms with van der Waals surface area (Å²) in [6.45, 7) is 1.86. The van der Waals surface area contributed by atoms with Gasteiger partial charge in [-0.15, -0.1) is 0 Å². The second-order valence-corrected chi connectivity index (χ2v) is 7.44. The number of carbonyl (C=O) groups is 1. The molecule has 0 spiro atoms. The van der Waals surface area contributed by atoms with Gasteiger partial charge in [-0.2, -0.15) is 0 Å². The first-order valence-corrected chi connectivity index (χ1v) is 9.46. The van der Waals surface area contributed by atoms with Gasteiger partial charge in [-0.1, -0.05) is 37.3 Å². The molecule has 0 saturated carbocycles. The summed E-state index contributed by atoms with van der Waals surface area (Å²) in [6, 6.07) is 12.1. The van der Waals surface area contributed by atoms with E-state index >= 15 is 0 Å². The first kappa shape index (κ1) is 16.8. The molecule has 3 rings (SSSR count). The van der Waals surface area contributed by atoms with E-state index in [0.29, 0.717) is 4.90 Å². The first-order valence-electron chi connectivity index (χ1n) is 7.90. The van der Waals surface area contributed by atoms with E-state index in [1.54, 1.807) is 18.4 Å². The topological polar surface area (TPSA) is 34.1 Å². The number of hydrogen-bond acceptors (Lipinski definition) is 2. The Morgan fingerprint density at radius 1 is 1.25 bits per heavy atom. The number of allylic oxidation sites excluding steroid dienone is 2. The van der Waals surface area contributed by atoms with Crippen LogP contribution in [0.3, 0.4) is 0 Å². The monoisotopic (exact) mass is 342 g/mol. The minimum atomic E-state index is -1.13. The SMILES string of the molecule is CC(C(=O)Cc1ccccc1S(C)=O)C1=CCc2ccc(F)cc21. The first-order chi connectivity index (χ1) is 11.5. The van der Waals surface area contributed by atoms with E-state index in [2.05, 4.69) is 0 Å². The van der Waals surface area contributed by atoms with Crippen molar-refractivity contribution in [2.45, 2.75) is 24.7 Å². The van der Waals surface area contributed by atoms with Gasteiger partial charge in [0.05, 0.1) is 10.8 Å². The highest BCUT2D eigenvalue weighted by Crippen LogP contribution is 2.34. The van der Waals surface area contributed by atoms with Crippen molar-refractivity contribution < 1.29 is 13.4 Å². The van der Waals surface area contributed by atoms with Gasteiger partial charge in [0.2, 0.25) is 0 Å². The third-order valence-electron chi connectivity index (χ3n) is 4.52. The van der Waals surface area contributed by atoms with Crippen LogP contribution in [0.5, 0.6) is 0 Å². The van der Waals surface area contributed by atoms with Crippen LogP contribution in [0.15, 0.2) is 53.4 Å². The summed E-state index contributed by atoms with van der Waals surface area (Å²) in [6.07, 6.45) is 4.60. The van der Waals surface area contributed by atoms with Crippen LogP contribution < -0.4 is 0 Å². The number of Topliss-reactive ketones (excluding diaryl/α,β-unsaturated/α-hetero) is 1. The highest BCUT2D eigenvalue weighted by Gasteiger charge is 2.25. The molecule has 24 heavy (non-hydrogen) atoms. The number of ketones is 1. The molecule has 0 aromatic heterocycles. The van der Waals surface area contributed by atoms with Gasteiger partial charge in [-0.25, -0.2) is 4.39 Å². The third kappa shape index (κ3) is 3.24. The fourth-order valence-electron chi connectivity index (χ4n) is 3.18. The van der Waals surface area contributed by atoms with E-state index in [9.17, 15) is 13.4 Å². The Morgan fingerprint density at radius 2 is 2.00 bits per heavy atom. The van der Waals surface area contributed by atoms with Gasteiger partial charge in [0.15, 0.2) is 0 Å². The zero-order chi connectivity index (χ0) is 17.3. The molecule has 0 radical (unpaired) electrons. The van der Waals surface area contributed by atoms with Crippen molar-refractivity contribution in [2.24, 2.45) is 5.92 Å². The van der Waals surface area contributed by atoms with Crippen molar-refractivity contribution in [3.63, 3.8) is 0 Å². The maximum atomic E-state index is 13.5. The average molecular weight is 342 g/mol. The summed E-state index contributed by atoms with van der Waals surface area (Å²) >= 11 is 0. The predicted molar refractivity (Wildman–Crippen MR) is 94.7 cm³/mol. The van der Waals surface area contributed by atoms with Crippen molar-refractivity contribution in [3.8, 4) is 0 Å². The largest absolute Gasteiger partial charge is 0.299 e. The summed E-state index contributed by atoms with van der Waals surface area (Å²) in [5.41, 5.74) is 3.59. The normalized spacial score (nSPS) is 15.5. The predicted octanol–water partition coefficient (Wildman–Crippen LogP) is 3.95. The van der Waals surface area contributed by atoms with Crippen LogP contribution in [-0.2, 0) is 28.4 Å². The van der Waals surface area contributed by atoms with Crippen molar-refractivity contribution in [3.05, 3.63) is 71.0 Å². The Labute approximate surface area is 143 Å². The van der Waals surface area contributed by atoms with E-state index in [0.717, 1.165) is 28.7 Å². The molecule has 2 nitrogen and oxygen atoms in total. The molecule has 1 aliphatic carbocycles. The summed E-state index contributed by atoms with van der Waals surface area (Å²) < 4.78 is 25.4. The molecule has 0 amide bonds. The van der Waals surface area contributed by atoms with Crippen LogP contribution in [0.1, 0.15) is 23.6 Å². The van der Waals surface area contributed by atoms with E-state index in [-0.39, 0.29) is 23.9 Å². The van der Waals surface area contributed by atoms with Gasteiger partial charge in [0, 0.05) is 23.5 Å². The molecule has 0 saturated heterocycles. The van der Waals surface area contributed by atoms with Crippen molar-refractivity contribution >= 4 is 22.2 Å². The third-order valence-corrected chi connectivity index (χ3v) is 5.54. The zero-order valence-corrected chi connectivity index (χ0v) is 14.5. The van der Waals surface area contributed by atoms with E-state index in [4.69, 9.17) is 0 Å². The van der Waals surface area contributed by atoms with E-state index in [1.165, 1.54) is 12.1 Å². The maximum Gasteiger partial charge on any atom is 0.144 e. The summed E-state index contributed by atoms with van der Waals surface area (Å²) in [4.78, 5) is 13.4. The lowest BCUT2D eigenvalue weighted by atomic mass is 9.89. The molecular formula is C20H19FO2S. The van der Waals surface area contributed by atoms with Gasteiger partial charge in [0.25, 0.3) is 0 Å². The van der Waals surface area contributed by atoms with E-state index < -0.39 is 10.8 Å². The number of hydrogen-bond donors (Lipinski definition) is 0. The molecule has 0 bridgehead atoms. The zero-order valence-electron chi connectivity index (χ0n) is 13.7. The van der Waals surface area contributed by atoms with Crippen LogP contribution in [-0.4, -0.2) is 16.2 Å². The van der Waals surface area contributed by atoms with Crippen LogP contribution in [0.25, 0.3) is 5.57 Å².